The van der Waals surface area contributed by atoms with E-state index >= 15 is 0 Å². The van der Waals surface area contributed by atoms with Crippen LogP contribution in [-0.4, -0.2) is 107 Å². The number of aromatic amines is 1. The summed E-state index contributed by atoms with van der Waals surface area (Å²) in [7, 11) is 0. The van der Waals surface area contributed by atoms with Gasteiger partial charge in [0.2, 0.25) is 5.91 Å². The van der Waals surface area contributed by atoms with Crippen molar-refractivity contribution in [3.05, 3.63) is 94.2 Å². The lowest BCUT2D eigenvalue weighted by atomic mass is 9.62. The van der Waals surface area contributed by atoms with Crippen LogP contribution in [0.2, 0.25) is 0 Å². The summed E-state index contributed by atoms with van der Waals surface area (Å²) in [6.07, 6.45) is 4.85. The number of aliphatic hydroxyl groups excluding tert-OH is 4. The van der Waals surface area contributed by atoms with Crippen molar-refractivity contribution in [2.24, 2.45) is 17.3 Å². The Hall–Kier alpha value is -5.46. The molecule has 2 spiro atoms. The summed E-state index contributed by atoms with van der Waals surface area (Å²) in [6.45, 7) is 0.606. The Morgan fingerprint density at radius 2 is 1.78 bits per heavy atom. The Morgan fingerprint density at radius 3 is 2.57 bits per heavy atom. The minimum absolute atomic E-state index is 0.0512. The molecule has 3 fully saturated rings. The first kappa shape index (κ1) is 43.4. The average Bonchev–Trinajstić information content (AvgIpc) is 4.10. The fourth-order valence-electron chi connectivity index (χ4n) is 11.7. The van der Waals surface area contributed by atoms with Crippen molar-refractivity contribution in [3.8, 4) is 22.9 Å². The van der Waals surface area contributed by atoms with Crippen LogP contribution >= 0.6 is 0 Å². The Balaban J connectivity index is 1.05. The molecule has 2 aliphatic heterocycles. The molecule has 2 aliphatic carbocycles. The fraction of sp³-hybridized carbons (Fsp3) is 0.469. The van der Waals surface area contributed by atoms with Gasteiger partial charge in [0.15, 0.2) is 16.8 Å². The van der Waals surface area contributed by atoms with Crippen molar-refractivity contribution in [1.29, 1.82) is 0 Å². The van der Waals surface area contributed by atoms with Crippen molar-refractivity contribution < 1.29 is 59.5 Å². The van der Waals surface area contributed by atoms with E-state index in [0.29, 0.717) is 69.5 Å². The number of rotatable bonds is 12. The van der Waals surface area contributed by atoms with E-state index in [2.05, 4.69) is 10.3 Å². The number of aromatic hydroxyl groups is 2. The zero-order valence-electron chi connectivity index (χ0n) is 36.0. The van der Waals surface area contributed by atoms with Gasteiger partial charge in [-0.1, -0.05) is 18.9 Å². The molecular formula is C49H55N3O13. The minimum atomic E-state index is -2.40. The van der Waals surface area contributed by atoms with Gasteiger partial charge in [0.1, 0.15) is 65.2 Å². The number of carbonyl (C=O) groups excluding carboxylic acids is 1. The molecule has 8 unspecified atom stereocenters. The molecule has 0 radical (unpaired) electrons. The number of ether oxygens (including phenoxy) is 1. The molecule has 4 aliphatic rings. The van der Waals surface area contributed by atoms with E-state index in [1.807, 2.05) is 29.2 Å². The highest BCUT2D eigenvalue weighted by Crippen LogP contribution is 2.56. The number of benzene rings is 3. The van der Waals surface area contributed by atoms with Gasteiger partial charge in [-0.15, -0.1) is 0 Å². The average molecular weight is 894 g/mol. The summed E-state index contributed by atoms with van der Waals surface area (Å²) < 4.78 is 15.7. The van der Waals surface area contributed by atoms with Gasteiger partial charge < -0.3 is 59.8 Å². The Morgan fingerprint density at radius 1 is 0.969 bits per heavy atom. The van der Waals surface area contributed by atoms with E-state index in [9.17, 15) is 45.3 Å². The maximum absolute atomic E-state index is 13.7. The molecule has 2 saturated carbocycles. The van der Waals surface area contributed by atoms with Gasteiger partial charge in [0.05, 0.1) is 22.9 Å². The third-order valence-corrected chi connectivity index (χ3v) is 15.1. The van der Waals surface area contributed by atoms with Crippen LogP contribution in [0.15, 0.2) is 76.3 Å². The number of aromatic nitrogens is 2. The number of phenolic OH excluding ortho intramolecular Hbond substituents is 2. The molecule has 0 bridgehead atoms. The number of hydrogen-bond acceptors (Lipinski definition) is 13. The smallest absolute Gasteiger partial charge is 0.226 e. The van der Waals surface area contributed by atoms with Crippen molar-refractivity contribution in [2.45, 2.75) is 107 Å². The molecule has 5 heterocycles. The molecule has 3 aromatic carbocycles. The first-order valence-corrected chi connectivity index (χ1v) is 22.5. The van der Waals surface area contributed by atoms with Gasteiger partial charge in [-0.2, -0.15) is 0 Å². The van der Waals surface area contributed by atoms with Crippen molar-refractivity contribution in [3.63, 3.8) is 0 Å². The first-order valence-electron chi connectivity index (χ1n) is 22.5. The molecule has 3 aromatic heterocycles. The van der Waals surface area contributed by atoms with E-state index < -0.39 is 60.7 Å². The predicted molar refractivity (Wildman–Crippen MR) is 237 cm³/mol. The van der Waals surface area contributed by atoms with Crippen LogP contribution in [0.1, 0.15) is 68.3 Å². The second kappa shape index (κ2) is 16.5. The number of hydrogen-bond donors (Lipinski definition) is 9. The van der Waals surface area contributed by atoms with Gasteiger partial charge in [0, 0.05) is 60.4 Å². The van der Waals surface area contributed by atoms with Crippen LogP contribution < -0.4 is 15.5 Å². The number of H-pyrrole nitrogens is 1. The van der Waals surface area contributed by atoms with Crippen LogP contribution in [0.3, 0.4) is 0 Å². The molecule has 1 saturated heterocycles. The zero-order valence-corrected chi connectivity index (χ0v) is 36.0. The van der Waals surface area contributed by atoms with Crippen LogP contribution in [0.5, 0.6) is 17.2 Å². The number of phenols is 2. The monoisotopic (exact) mass is 893 g/mol. The van der Waals surface area contributed by atoms with Gasteiger partial charge in [-0.3, -0.25) is 9.59 Å². The Labute approximate surface area is 372 Å². The fourth-order valence-corrected chi connectivity index (χ4v) is 11.7. The largest absolute Gasteiger partial charge is 0.508 e. The van der Waals surface area contributed by atoms with Crippen molar-refractivity contribution in [1.82, 2.24) is 14.9 Å². The number of fused-ring (bicyclic) bond motifs is 4. The summed E-state index contributed by atoms with van der Waals surface area (Å²) in [5.41, 5.74) is -1.41. The van der Waals surface area contributed by atoms with E-state index in [1.165, 1.54) is 36.4 Å². The van der Waals surface area contributed by atoms with Gasteiger partial charge in [-0.25, -0.2) is 9.78 Å². The predicted octanol–water partition coefficient (Wildman–Crippen LogP) is 4.47. The highest BCUT2D eigenvalue weighted by atomic mass is 17.2. The lowest BCUT2D eigenvalue weighted by Crippen LogP contribution is -2.59. The second-order valence-corrected chi connectivity index (χ2v) is 19.0. The molecule has 344 valence electrons. The van der Waals surface area contributed by atoms with Crippen LogP contribution in [0.4, 0.5) is 0 Å². The van der Waals surface area contributed by atoms with Gasteiger partial charge in [0.25, 0.3) is 0 Å². The van der Waals surface area contributed by atoms with Crippen molar-refractivity contribution in [2.75, 3.05) is 19.8 Å². The third-order valence-electron chi connectivity index (χ3n) is 15.1. The highest BCUT2D eigenvalue weighted by molar-refractivity contribution is 5.93. The number of amides is 1. The van der Waals surface area contributed by atoms with Crippen LogP contribution in [0.25, 0.3) is 38.3 Å². The van der Waals surface area contributed by atoms with Gasteiger partial charge in [-0.05, 0) is 105 Å². The molecular weight excluding hydrogens is 839 g/mol. The quantitative estimate of drug-likeness (QED) is 0.0609. The second-order valence-electron chi connectivity index (χ2n) is 19.0. The lowest BCUT2D eigenvalue weighted by molar-refractivity contribution is -0.375. The SMILES string of the molecule is Cc1cc(=O)c2cc3c(c(-n4cc5cc[nH]c5c4)c2o1)OC1(CCCC(C2CNC(=O)C24CCCC4)C1)C(OOCC(O)(Cc1ccc(O)c2ccc(O)cc12)C(O)C(O)C(O)CO)C3. The lowest BCUT2D eigenvalue weighted by Gasteiger charge is -2.50. The molecule has 8 atom stereocenters. The topological polar surface area (TPSA) is 249 Å². The molecule has 16 nitrogen and oxygen atoms in total. The Bertz CT molecular complexity index is 2820. The maximum atomic E-state index is 13.7. The minimum Gasteiger partial charge on any atom is -0.508 e. The van der Waals surface area contributed by atoms with Crippen LogP contribution in [-0.2, 0) is 27.4 Å². The number of aryl methyl sites for hydroxylation is 1. The molecule has 1 amide bonds. The first-order chi connectivity index (χ1) is 31.2. The molecule has 65 heavy (non-hydrogen) atoms. The van der Waals surface area contributed by atoms with Gasteiger partial charge >= 0.3 is 0 Å². The number of carbonyl (C=O) groups is 1. The Kier molecular flexibility index (Phi) is 11.0. The highest BCUT2D eigenvalue weighted by Gasteiger charge is 2.58. The summed E-state index contributed by atoms with van der Waals surface area (Å²) in [5.74, 6) is 0.951. The van der Waals surface area contributed by atoms with E-state index in [1.54, 1.807) is 13.0 Å². The third kappa shape index (κ3) is 7.35. The summed E-state index contributed by atoms with van der Waals surface area (Å²) >= 11 is 0. The summed E-state index contributed by atoms with van der Waals surface area (Å²) in [4.78, 5) is 43.0. The van der Waals surface area contributed by atoms with E-state index in [4.69, 9.17) is 18.9 Å². The number of nitrogens with zero attached hydrogens (tertiary/aromatic N) is 1. The summed E-state index contributed by atoms with van der Waals surface area (Å²) in [6, 6.07) is 12.3. The molecule has 6 aromatic rings. The number of aliphatic hydroxyl groups is 5. The summed E-state index contributed by atoms with van der Waals surface area (Å²) in [5, 5.41) is 81.2. The standard InChI is InChI=1S/C49H55N3O13/c1-26-15-38(56)34-16-30-17-40(65-62-25-48(61,45(59)42(58)39(57)24-53)19-27-6-9-37(55)32-8-7-31(54)18-33(27)32)49(13-4-5-28(20-49)35-21-51-46(60)47(35)11-2-3-12-47)64-43(30)41(44(34)63-26)52-22-29-10-14-50-36(29)23-52/h6-10,14-16,18,22-23,28,35,39-40,42,45,50,53-55,57-59,61H,2-5,11-13,17,19-21,24-25H2,1H3,(H,51,60). The van der Waals surface area contributed by atoms with Crippen molar-refractivity contribution >= 4 is 38.6 Å². The maximum Gasteiger partial charge on any atom is 0.226 e. The molecule has 16 heteroatoms. The number of nitrogens with one attached hydrogen (secondary N) is 2. The normalized spacial score (nSPS) is 25.2. The molecule has 9 N–H and O–H groups in total. The zero-order chi connectivity index (χ0) is 45.4. The van der Waals surface area contributed by atoms with E-state index in [-0.39, 0.29) is 41.1 Å². The van der Waals surface area contributed by atoms with Crippen LogP contribution in [0, 0.1) is 24.2 Å². The van der Waals surface area contributed by atoms with E-state index in [0.717, 1.165) is 49.4 Å². The molecule has 10 rings (SSSR count).